The summed E-state index contributed by atoms with van der Waals surface area (Å²) in [7, 11) is 0. The number of likely N-dealkylation sites (tertiary alicyclic amines) is 1. The van der Waals surface area contributed by atoms with Crippen LogP contribution in [0.25, 0.3) is 5.69 Å². The normalized spacial score (nSPS) is 17.3. The molecule has 0 aliphatic carbocycles. The molecule has 0 saturated carbocycles. The van der Waals surface area contributed by atoms with E-state index in [0.717, 1.165) is 12.8 Å². The Morgan fingerprint density at radius 2 is 2.12 bits per heavy atom. The maximum absolute atomic E-state index is 12.8. The van der Waals surface area contributed by atoms with Crippen LogP contribution < -0.4 is 0 Å². The van der Waals surface area contributed by atoms with E-state index in [2.05, 4.69) is 10.1 Å². The van der Waals surface area contributed by atoms with Gasteiger partial charge >= 0.3 is 5.97 Å². The number of halogens is 1. The average Bonchev–Trinajstić information content (AvgIpc) is 3.01. The number of carboxylic acids is 1. The van der Waals surface area contributed by atoms with Gasteiger partial charge in [-0.25, -0.2) is 9.67 Å². The number of hydrogen-bond acceptors (Lipinski definition) is 4. The van der Waals surface area contributed by atoms with E-state index >= 15 is 0 Å². The zero-order chi connectivity index (χ0) is 18.7. The summed E-state index contributed by atoms with van der Waals surface area (Å²) in [4.78, 5) is 29.6. The van der Waals surface area contributed by atoms with Crippen LogP contribution >= 0.6 is 11.6 Å². The Bertz CT molecular complexity index is 821. The minimum Gasteiger partial charge on any atom is -0.481 e. The number of rotatable bonds is 5. The zero-order valence-corrected chi connectivity index (χ0v) is 15.3. The second-order valence-corrected chi connectivity index (χ2v) is 6.94. The minimum atomic E-state index is -0.802. The number of hydrogen-bond donors (Lipinski definition) is 1. The first-order valence-electron chi connectivity index (χ1n) is 8.65. The molecule has 7 nitrogen and oxygen atoms in total. The van der Waals surface area contributed by atoms with Crippen molar-refractivity contribution < 1.29 is 14.7 Å². The molecule has 1 saturated heterocycles. The topological polar surface area (TPSA) is 88.3 Å². The standard InChI is InChI=1S/C18H21ClN4O3/c1-12-20-17(21-23(12)15-7-3-2-6-14(15)19)18(26)22-10-4-5-13(11-22)8-9-16(24)25/h2-3,6-7,13H,4-5,8-11H2,1H3,(H,24,25)/t13-/m0/s1. The number of aliphatic carboxylic acids is 1. The molecule has 0 spiro atoms. The number of carbonyl (C=O) groups is 2. The molecule has 2 heterocycles. The van der Waals surface area contributed by atoms with E-state index < -0.39 is 5.97 Å². The van der Waals surface area contributed by atoms with Gasteiger partial charge in [-0.15, -0.1) is 5.10 Å². The first-order chi connectivity index (χ1) is 12.5. The Morgan fingerprint density at radius 1 is 1.35 bits per heavy atom. The summed E-state index contributed by atoms with van der Waals surface area (Å²) in [5, 5.41) is 13.7. The molecular formula is C18H21ClN4O3. The lowest BCUT2D eigenvalue weighted by Crippen LogP contribution is -2.40. The van der Waals surface area contributed by atoms with Gasteiger partial charge in [-0.3, -0.25) is 9.59 Å². The molecule has 1 aliphatic rings. The fraction of sp³-hybridized carbons (Fsp3) is 0.444. The van der Waals surface area contributed by atoms with Gasteiger partial charge in [0.05, 0.1) is 10.7 Å². The Kier molecular flexibility index (Phi) is 5.56. The van der Waals surface area contributed by atoms with Crippen LogP contribution in [0.4, 0.5) is 0 Å². The molecule has 1 N–H and O–H groups in total. The van der Waals surface area contributed by atoms with E-state index in [1.165, 1.54) is 0 Å². The Labute approximate surface area is 156 Å². The largest absolute Gasteiger partial charge is 0.481 e. The molecule has 0 bridgehead atoms. The number of benzene rings is 1. The van der Waals surface area contributed by atoms with Crippen molar-refractivity contribution in [2.24, 2.45) is 5.92 Å². The van der Waals surface area contributed by atoms with Crippen molar-refractivity contribution >= 4 is 23.5 Å². The third kappa shape index (κ3) is 4.04. The van der Waals surface area contributed by atoms with E-state index in [-0.39, 0.29) is 24.1 Å². The van der Waals surface area contributed by atoms with Gasteiger partial charge in [-0.1, -0.05) is 23.7 Å². The molecule has 3 rings (SSSR count). The number of aryl methyl sites for hydroxylation is 1. The molecule has 26 heavy (non-hydrogen) atoms. The van der Waals surface area contributed by atoms with Crippen molar-refractivity contribution in [2.75, 3.05) is 13.1 Å². The Balaban J connectivity index is 1.75. The molecule has 1 amide bonds. The second-order valence-electron chi connectivity index (χ2n) is 6.54. The van der Waals surface area contributed by atoms with Crippen LogP contribution in [0.2, 0.25) is 5.02 Å². The summed E-state index contributed by atoms with van der Waals surface area (Å²) in [5.74, 6) is -0.0964. The number of aromatic nitrogens is 3. The molecule has 0 unspecified atom stereocenters. The van der Waals surface area contributed by atoms with Crippen molar-refractivity contribution in [1.82, 2.24) is 19.7 Å². The predicted molar refractivity (Wildman–Crippen MR) is 96.6 cm³/mol. The Hall–Kier alpha value is -2.41. The van der Waals surface area contributed by atoms with E-state index in [4.69, 9.17) is 16.7 Å². The van der Waals surface area contributed by atoms with E-state index in [1.54, 1.807) is 22.6 Å². The van der Waals surface area contributed by atoms with Crippen LogP contribution in [-0.2, 0) is 4.79 Å². The van der Waals surface area contributed by atoms with Crippen LogP contribution in [0.15, 0.2) is 24.3 Å². The predicted octanol–water partition coefficient (Wildman–Crippen LogP) is 2.95. The summed E-state index contributed by atoms with van der Waals surface area (Å²) in [6.45, 7) is 2.97. The number of piperidine rings is 1. The fourth-order valence-electron chi connectivity index (χ4n) is 3.29. The molecule has 1 aliphatic heterocycles. The number of para-hydroxylation sites is 1. The minimum absolute atomic E-state index is 0.130. The molecule has 1 aromatic heterocycles. The summed E-state index contributed by atoms with van der Waals surface area (Å²) >= 11 is 6.22. The number of carboxylic acid groups (broad SMARTS) is 1. The van der Waals surface area contributed by atoms with Crippen molar-refractivity contribution in [2.45, 2.75) is 32.6 Å². The molecule has 8 heteroatoms. The third-order valence-corrected chi connectivity index (χ3v) is 4.93. The van der Waals surface area contributed by atoms with Gasteiger partial charge in [-0.2, -0.15) is 0 Å². The van der Waals surface area contributed by atoms with Gasteiger partial charge < -0.3 is 10.0 Å². The Morgan fingerprint density at radius 3 is 2.85 bits per heavy atom. The van der Waals surface area contributed by atoms with E-state index in [1.807, 2.05) is 18.2 Å². The van der Waals surface area contributed by atoms with Crippen molar-refractivity contribution in [1.29, 1.82) is 0 Å². The van der Waals surface area contributed by atoms with Gasteiger partial charge in [0.2, 0.25) is 5.82 Å². The van der Waals surface area contributed by atoms with Gasteiger partial charge in [0.25, 0.3) is 5.91 Å². The van der Waals surface area contributed by atoms with Crippen LogP contribution in [-0.4, -0.2) is 49.7 Å². The first kappa shape index (κ1) is 18.4. The number of nitrogens with zero attached hydrogens (tertiary/aromatic N) is 4. The summed E-state index contributed by atoms with van der Waals surface area (Å²) < 4.78 is 1.57. The third-order valence-electron chi connectivity index (χ3n) is 4.61. The molecule has 138 valence electrons. The van der Waals surface area contributed by atoms with Crippen LogP contribution in [0.3, 0.4) is 0 Å². The molecule has 1 aromatic carbocycles. The monoisotopic (exact) mass is 376 g/mol. The van der Waals surface area contributed by atoms with Crippen LogP contribution in [0.5, 0.6) is 0 Å². The summed E-state index contributed by atoms with van der Waals surface area (Å²) in [5.41, 5.74) is 0.677. The molecule has 1 atom stereocenters. The summed E-state index contributed by atoms with van der Waals surface area (Å²) in [6, 6.07) is 7.26. The lowest BCUT2D eigenvalue weighted by molar-refractivity contribution is -0.137. The lowest BCUT2D eigenvalue weighted by atomic mass is 9.93. The number of amides is 1. The molecular weight excluding hydrogens is 356 g/mol. The van der Waals surface area contributed by atoms with E-state index in [9.17, 15) is 9.59 Å². The SMILES string of the molecule is Cc1nc(C(=O)N2CCC[C@@H](CCC(=O)O)C2)nn1-c1ccccc1Cl. The first-order valence-corrected chi connectivity index (χ1v) is 9.03. The maximum atomic E-state index is 12.8. The highest BCUT2D eigenvalue weighted by atomic mass is 35.5. The summed E-state index contributed by atoms with van der Waals surface area (Å²) in [6.07, 6.45) is 2.52. The van der Waals surface area contributed by atoms with Crippen molar-refractivity contribution in [3.63, 3.8) is 0 Å². The highest BCUT2D eigenvalue weighted by Gasteiger charge is 2.27. The van der Waals surface area contributed by atoms with Gasteiger partial charge in [0.1, 0.15) is 5.82 Å². The quantitative estimate of drug-likeness (QED) is 0.866. The highest BCUT2D eigenvalue weighted by Crippen LogP contribution is 2.23. The molecule has 2 aromatic rings. The molecule has 1 fully saturated rings. The maximum Gasteiger partial charge on any atom is 0.303 e. The van der Waals surface area contributed by atoms with Gasteiger partial charge in [-0.05, 0) is 44.2 Å². The smallest absolute Gasteiger partial charge is 0.303 e. The van der Waals surface area contributed by atoms with Crippen molar-refractivity contribution in [3.05, 3.63) is 40.9 Å². The van der Waals surface area contributed by atoms with Crippen LogP contribution in [0, 0.1) is 12.8 Å². The number of carbonyl (C=O) groups excluding carboxylic acids is 1. The molecule has 0 radical (unpaired) electrons. The fourth-order valence-corrected chi connectivity index (χ4v) is 3.50. The average molecular weight is 377 g/mol. The second kappa shape index (κ2) is 7.86. The highest BCUT2D eigenvalue weighted by molar-refractivity contribution is 6.32. The lowest BCUT2D eigenvalue weighted by Gasteiger charge is -2.31. The van der Waals surface area contributed by atoms with E-state index in [0.29, 0.717) is 36.0 Å². The zero-order valence-electron chi connectivity index (χ0n) is 14.6. The van der Waals surface area contributed by atoms with Gasteiger partial charge in [0.15, 0.2) is 0 Å². The van der Waals surface area contributed by atoms with Crippen molar-refractivity contribution in [3.8, 4) is 5.69 Å². The van der Waals surface area contributed by atoms with Crippen LogP contribution in [0.1, 0.15) is 42.1 Å². The van der Waals surface area contributed by atoms with Gasteiger partial charge in [0, 0.05) is 19.5 Å².